The highest BCUT2D eigenvalue weighted by Crippen LogP contribution is 2.13. The van der Waals surface area contributed by atoms with Gasteiger partial charge in [-0.05, 0) is 45.8 Å². The van der Waals surface area contributed by atoms with Crippen LogP contribution in [-0.4, -0.2) is 19.7 Å². The minimum atomic E-state index is 0.687. The normalized spacial score (nSPS) is 10.5. The van der Waals surface area contributed by atoms with E-state index in [9.17, 15) is 0 Å². The number of pyridine rings is 1. The van der Waals surface area contributed by atoms with Crippen molar-refractivity contribution >= 4 is 21.6 Å². The van der Waals surface area contributed by atoms with E-state index in [1.54, 1.807) is 17.3 Å². The van der Waals surface area contributed by atoms with Crippen molar-refractivity contribution in [3.8, 4) is 0 Å². The fourth-order valence-corrected chi connectivity index (χ4v) is 2.40. The maximum absolute atomic E-state index is 4.40. The van der Waals surface area contributed by atoms with Crippen LogP contribution < -0.4 is 5.32 Å². The third-order valence-corrected chi connectivity index (χ3v) is 3.43. The molecule has 0 saturated heterocycles. The van der Waals surface area contributed by atoms with Crippen LogP contribution >= 0.6 is 15.9 Å². The molecule has 0 aliphatic heterocycles. The number of aromatic nitrogens is 4. The molecule has 0 fully saturated rings. The van der Waals surface area contributed by atoms with Gasteiger partial charge in [0.25, 0.3) is 0 Å². The Hall–Kier alpha value is -2.21. The number of hydrogen-bond donors (Lipinski definition) is 1. The van der Waals surface area contributed by atoms with Crippen molar-refractivity contribution in [2.24, 2.45) is 0 Å². The molecule has 0 saturated carbocycles. The third kappa shape index (κ3) is 3.88. The molecule has 1 N–H and O–H groups in total. The first-order valence-corrected chi connectivity index (χ1v) is 7.35. The minimum Gasteiger partial charge on any atom is -0.379 e. The zero-order valence-corrected chi connectivity index (χ0v) is 12.9. The topological polar surface area (TPSA) is 55.6 Å². The maximum atomic E-state index is 4.40. The molecule has 1 aromatic carbocycles. The Morgan fingerprint density at radius 3 is 2.86 bits per heavy atom. The Morgan fingerprint density at radius 1 is 1.14 bits per heavy atom. The van der Waals surface area contributed by atoms with Gasteiger partial charge in [-0.1, -0.05) is 18.2 Å². The number of anilines is 1. The maximum Gasteiger partial charge on any atom is 0.137 e. The first-order chi connectivity index (χ1) is 10.3. The zero-order valence-electron chi connectivity index (χ0n) is 11.3. The largest absolute Gasteiger partial charge is 0.379 e. The summed E-state index contributed by atoms with van der Waals surface area (Å²) in [7, 11) is 0. The van der Waals surface area contributed by atoms with Crippen molar-refractivity contribution in [2.45, 2.75) is 13.1 Å². The van der Waals surface area contributed by atoms with Gasteiger partial charge >= 0.3 is 0 Å². The molecular formula is C15H14BrN5. The average Bonchev–Trinajstić information content (AvgIpc) is 2.99. The molecule has 0 unspecified atom stereocenters. The van der Waals surface area contributed by atoms with E-state index < -0.39 is 0 Å². The monoisotopic (exact) mass is 343 g/mol. The summed E-state index contributed by atoms with van der Waals surface area (Å²) in [5.41, 5.74) is 3.23. The Morgan fingerprint density at radius 2 is 2.05 bits per heavy atom. The second kappa shape index (κ2) is 6.49. The molecule has 3 rings (SSSR count). The summed E-state index contributed by atoms with van der Waals surface area (Å²) in [6.07, 6.45) is 3.26. The third-order valence-electron chi connectivity index (χ3n) is 2.98. The van der Waals surface area contributed by atoms with E-state index in [4.69, 9.17) is 0 Å². The average molecular weight is 344 g/mol. The summed E-state index contributed by atoms with van der Waals surface area (Å²) in [6, 6.07) is 14.2. The molecule has 106 valence electrons. The standard InChI is InChI=1S/C15H14BrN5/c16-15-6-2-5-14(20-15)8-18-13-4-1-3-12(7-13)9-21-11-17-10-19-21/h1-7,10-11,18H,8-9H2. The summed E-state index contributed by atoms with van der Waals surface area (Å²) in [6.45, 7) is 1.40. The van der Waals surface area contributed by atoms with Crippen LogP contribution in [0.25, 0.3) is 0 Å². The van der Waals surface area contributed by atoms with Gasteiger partial charge in [0.05, 0.1) is 18.8 Å². The first-order valence-electron chi connectivity index (χ1n) is 6.56. The van der Waals surface area contributed by atoms with Crippen LogP contribution in [0.4, 0.5) is 5.69 Å². The fraction of sp³-hybridized carbons (Fsp3) is 0.133. The van der Waals surface area contributed by atoms with E-state index in [1.807, 2.05) is 30.3 Å². The minimum absolute atomic E-state index is 0.687. The Labute approximate surface area is 131 Å². The number of benzene rings is 1. The van der Waals surface area contributed by atoms with Crippen LogP contribution in [0.5, 0.6) is 0 Å². The second-order valence-corrected chi connectivity index (χ2v) is 5.41. The van der Waals surface area contributed by atoms with Gasteiger partial charge in [-0.25, -0.2) is 14.6 Å². The van der Waals surface area contributed by atoms with Crippen molar-refractivity contribution in [3.05, 3.63) is 71.0 Å². The smallest absolute Gasteiger partial charge is 0.137 e. The van der Waals surface area contributed by atoms with Crippen molar-refractivity contribution in [3.63, 3.8) is 0 Å². The molecular weight excluding hydrogens is 330 g/mol. The molecule has 2 heterocycles. The number of halogens is 1. The lowest BCUT2D eigenvalue weighted by Crippen LogP contribution is -2.03. The highest BCUT2D eigenvalue weighted by Gasteiger charge is 2.00. The quantitative estimate of drug-likeness (QED) is 0.723. The van der Waals surface area contributed by atoms with Crippen molar-refractivity contribution < 1.29 is 0 Å². The SMILES string of the molecule is Brc1cccc(CNc2cccc(Cn3cncn3)c2)n1. The van der Waals surface area contributed by atoms with E-state index in [1.165, 1.54) is 5.56 Å². The Bertz CT molecular complexity index is 712. The molecule has 0 radical (unpaired) electrons. The van der Waals surface area contributed by atoms with Gasteiger partial charge in [-0.3, -0.25) is 0 Å². The van der Waals surface area contributed by atoms with E-state index >= 15 is 0 Å². The molecule has 0 atom stereocenters. The predicted molar refractivity (Wildman–Crippen MR) is 84.8 cm³/mol. The van der Waals surface area contributed by atoms with Crippen molar-refractivity contribution in [1.82, 2.24) is 19.7 Å². The molecule has 0 bridgehead atoms. The van der Waals surface area contributed by atoms with E-state index in [0.29, 0.717) is 13.1 Å². The van der Waals surface area contributed by atoms with Gasteiger partial charge in [0.15, 0.2) is 0 Å². The van der Waals surface area contributed by atoms with Crippen LogP contribution in [0.2, 0.25) is 0 Å². The van der Waals surface area contributed by atoms with Crippen LogP contribution in [0.15, 0.2) is 59.7 Å². The molecule has 0 amide bonds. The highest BCUT2D eigenvalue weighted by molar-refractivity contribution is 9.10. The van der Waals surface area contributed by atoms with Gasteiger partial charge in [0, 0.05) is 5.69 Å². The molecule has 2 aromatic heterocycles. The van der Waals surface area contributed by atoms with Gasteiger partial charge in [0.1, 0.15) is 17.3 Å². The lowest BCUT2D eigenvalue weighted by Gasteiger charge is -2.08. The molecule has 3 aromatic rings. The summed E-state index contributed by atoms with van der Waals surface area (Å²) in [5, 5.41) is 7.49. The summed E-state index contributed by atoms with van der Waals surface area (Å²) in [4.78, 5) is 8.35. The van der Waals surface area contributed by atoms with Gasteiger partial charge in [-0.2, -0.15) is 5.10 Å². The summed E-state index contributed by atoms with van der Waals surface area (Å²) < 4.78 is 2.65. The van der Waals surface area contributed by atoms with Crippen molar-refractivity contribution in [1.29, 1.82) is 0 Å². The number of nitrogens with one attached hydrogen (secondary N) is 1. The van der Waals surface area contributed by atoms with Gasteiger partial charge < -0.3 is 5.32 Å². The number of hydrogen-bond acceptors (Lipinski definition) is 4. The van der Waals surface area contributed by atoms with E-state index in [-0.39, 0.29) is 0 Å². The highest BCUT2D eigenvalue weighted by atomic mass is 79.9. The molecule has 5 nitrogen and oxygen atoms in total. The predicted octanol–water partition coefficient (Wildman–Crippen LogP) is 3.10. The fourth-order valence-electron chi connectivity index (χ4n) is 2.02. The summed E-state index contributed by atoms with van der Waals surface area (Å²) in [5.74, 6) is 0. The molecule has 0 spiro atoms. The lowest BCUT2D eigenvalue weighted by molar-refractivity contribution is 0.685. The Balaban J connectivity index is 1.66. The van der Waals surface area contributed by atoms with Crippen LogP contribution in [0, 0.1) is 0 Å². The number of nitrogens with zero attached hydrogens (tertiary/aromatic N) is 4. The molecule has 21 heavy (non-hydrogen) atoms. The first kappa shape index (κ1) is 13.8. The second-order valence-electron chi connectivity index (χ2n) is 4.60. The van der Waals surface area contributed by atoms with Gasteiger partial charge in [-0.15, -0.1) is 0 Å². The van der Waals surface area contributed by atoms with Crippen LogP contribution in [0.1, 0.15) is 11.3 Å². The van der Waals surface area contributed by atoms with E-state index in [2.05, 4.69) is 48.4 Å². The zero-order chi connectivity index (χ0) is 14.5. The molecule has 0 aliphatic carbocycles. The number of rotatable bonds is 5. The van der Waals surface area contributed by atoms with Gasteiger partial charge in [0.2, 0.25) is 0 Å². The lowest BCUT2D eigenvalue weighted by atomic mass is 10.2. The molecule has 0 aliphatic rings. The van der Waals surface area contributed by atoms with Crippen molar-refractivity contribution in [2.75, 3.05) is 5.32 Å². The summed E-state index contributed by atoms with van der Waals surface area (Å²) >= 11 is 3.38. The van der Waals surface area contributed by atoms with Crippen LogP contribution in [-0.2, 0) is 13.1 Å². The van der Waals surface area contributed by atoms with E-state index in [0.717, 1.165) is 16.0 Å². The molecule has 6 heteroatoms. The Kier molecular flexibility index (Phi) is 4.25. The van der Waals surface area contributed by atoms with Crippen LogP contribution in [0.3, 0.4) is 0 Å².